The Morgan fingerprint density at radius 3 is 2.62 bits per heavy atom. The van der Waals surface area contributed by atoms with Gasteiger partial charge in [-0.15, -0.1) is 0 Å². The van der Waals surface area contributed by atoms with E-state index in [2.05, 4.69) is 32.6 Å². The molecule has 1 fully saturated rings. The minimum atomic E-state index is -0.226. The van der Waals surface area contributed by atoms with Crippen LogP contribution in [0.5, 0.6) is 0 Å². The molecule has 2 amide bonds. The normalized spacial score (nSPS) is 20.1. The van der Waals surface area contributed by atoms with E-state index in [-0.39, 0.29) is 12.1 Å². The molecule has 21 heavy (non-hydrogen) atoms. The second-order valence-corrected chi connectivity index (χ2v) is 5.50. The van der Waals surface area contributed by atoms with Gasteiger partial charge in [0.05, 0.1) is 6.20 Å². The highest BCUT2D eigenvalue weighted by Gasteiger charge is 2.33. The molecule has 7 heteroatoms. The molecule has 0 bridgehead atoms. The second kappa shape index (κ2) is 5.16. The van der Waals surface area contributed by atoms with Crippen molar-refractivity contribution in [3.05, 3.63) is 29.7 Å². The molecule has 7 nitrogen and oxygen atoms in total. The van der Waals surface area contributed by atoms with Crippen molar-refractivity contribution in [2.75, 3.05) is 5.32 Å². The largest absolute Gasteiger partial charge is 0.335 e. The summed E-state index contributed by atoms with van der Waals surface area (Å²) < 4.78 is 1.52. The standard InChI is InChI=1S/C14H18N6O/c1-8-6-11(8)18-14(21)19-12-4-5-15-20(12)13-16-9(2)7-10(3)17-13/h4-5,7-8,11H,6H2,1-3H3,(H2,18,19,21)/t8-,11-/m0/s1. The number of urea groups is 1. The van der Waals surface area contributed by atoms with Crippen LogP contribution in [0.3, 0.4) is 0 Å². The monoisotopic (exact) mass is 286 g/mol. The number of amides is 2. The molecule has 1 aliphatic rings. The minimum Gasteiger partial charge on any atom is -0.335 e. The van der Waals surface area contributed by atoms with Gasteiger partial charge >= 0.3 is 6.03 Å². The van der Waals surface area contributed by atoms with Crippen LogP contribution in [-0.4, -0.2) is 31.8 Å². The predicted molar refractivity (Wildman–Crippen MR) is 78.4 cm³/mol. The van der Waals surface area contributed by atoms with Crippen molar-refractivity contribution in [3.8, 4) is 5.95 Å². The number of carbonyl (C=O) groups excluding carboxylic acids is 1. The lowest BCUT2D eigenvalue weighted by molar-refractivity contribution is 0.251. The number of nitrogens with zero attached hydrogens (tertiary/aromatic N) is 4. The van der Waals surface area contributed by atoms with Gasteiger partial charge in [0.2, 0.25) is 0 Å². The zero-order valence-electron chi connectivity index (χ0n) is 12.3. The highest BCUT2D eigenvalue weighted by Crippen LogP contribution is 2.28. The van der Waals surface area contributed by atoms with E-state index in [1.165, 1.54) is 4.68 Å². The molecular formula is C14H18N6O. The molecule has 2 atom stereocenters. The summed E-state index contributed by atoms with van der Waals surface area (Å²) in [6.45, 7) is 5.91. The van der Waals surface area contributed by atoms with Crippen LogP contribution in [0.1, 0.15) is 24.7 Å². The highest BCUT2D eigenvalue weighted by atomic mass is 16.2. The first-order valence-electron chi connectivity index (χ1n) is 6.97. The fourth-order valence-corrected chi connectivity index (χ4v) is 2.20. The van der Waals surface area contributed by atoms with Crippen molar-refractivity contribution in [2.45, 2.75) is 33.2 Å². The van der Waals surface area contributed by atoms with Gasteiger partial charge in [0.25, 0.3) is 5.95 Å². The Balaban J connectivity index is 1.78. The lowest BCUT2D eigenvalue weighted by Gasteiger charge is -2.09. The van der Waals surface area contributed by atoms with E-state index in [9.17, 15) is 4.79 Å². The van der Waals surface area contributed by atoms with Gasteiger partial charge in [-0.1, -0.05) is 6.92 Å². The van der Waals surface area contributed by atoms with Gasteiger partial charge in [-0.2, -0.15) is 9.78 Å². The third kappa shape index (κ3) is 3.01. The number of anilines is 1. The van der Waals surface area contributed by atoms with Gasteiger partial charge in [-0.3, -0.25) is 5.32 Å². The molecule has 0 aliphatic heterocycles. The van der Waals surface area contributed by atoms with Crippen molar-refractivity contribution >= 4 is 11.8 Å². The maximum absolute atomic E-state index is 11.9. The van der Waals surface area contributed by atoms with Gasteiger partial charge in [-0.25, -0.2) is 14.8 Å². The van der Waals surface area contributed by atoms with Crippen LogP contribution in [0.2, 0.25) is 0 Å². The van der Waals surface area contributed by atoms with E-state index >= 15 is 0 Å². The van der Waals surface area contributed by atoms with E-state index in [0.29, 0.717) is 17.7 Å². The summed E-state index contributed by atoms with van der Waals surface area (Å²) in [7, 11) is 0. The average Bonchev–Trinajstić information content (AvgIpc) is 2.89. The summed E-state index contributed by atoms with van der Waals surface area (Å²) in [5.74, 6) is 1.56. The maximum atomic E-state index is 11.9. The van der Waals surface area contributed by atoms with E-state index < -0.39 is 0 Å². The fraction of sp³-hybridized carbons (Fsp3) is 0.429. The minimum absolute atomic E-state index is 0.226. The summed E-state index contributed by atoms with van der Waals surface area (Å²) in [4.78, 5) is 20.6. The summed E-state index contributed by atoms with van der Waals surface area (Å²) in [6, 6.07) is 3.66. The van der Waals surface area contributed by atoms with Crippen LogP contribution < -0.4 is 10.6 Å². The number of hydrogen-bond donors (Lipinski definition) is 2. The molecule has 1 saturated carbocycles. The first kappa shape index (κ1) is 13.5. The van der Waals surface area contributed by atoms with Crippen molar-refractivity contribution in [2.24, 2.45) is 5.92 Å². The SMILES string of the molecule is Cc1cc(C)nc(-n2nccc2NC(=O)N[C@H]2C[C@@H]2C)n1. The van der Waals surface area contributed by atoms with Gasteiger partial charge < -0.3 is 5.32 Å². The van der Waals surface area contributed by atoms with Gasteiger partial charge in [0.15, 0.2) is 0 Å². The van der Waals surface area contributed by atoms with E-state index in [0.717, 1.165) is 17.8 Å². The molecule has 2 heterocycles. The lowest BCUT2D eigenvalue weighted by Crippen LogP contribution is -2.32. The van der Waals surface area contributed by atoms with Crippen LogP contribution in [-0.2, 0) is 0 Å². The Kier molecular flexibility index (Phi) is 3.32. The molecule has 1 aliphatic carbocycles. The summed E-state index contributed by atoms with van der Waals surface area (Å²) in [5, 5.41) is 9.88. The Labute approximate surface area is 122 Å². The zero-order chi connectivity index (χ0) is 15.0. The van der Waals surface area contributed by atoms with E-state index in [1.54, 1.807) is 12.3 Å². The van der Waals surface area contributed by atoms with Crippen molar-refractivity contribution in [1.29, 1.82) is 0 Å². The smallest absolute Gasteiger partial charge is 0.320 e. The summed E-state index contributed by atoms with van der Waals surface area (Å²) in [6.07, 6.45) is 2.64. The predicted octanol–water partition coefficient (Wildman–Crippen LogP) is 1.81. The Hall–Kier alpha value is -2.44. The lowest BCUT2D eigenvalue weighted by atomic mass is 10.4. The molecule has 2 aromatic heterocycles. The first-order chi connectivity index (χ1) is 10.0. The third-order valence-electron chi connectivity index (χ3n) is 3.47. The van der Waals surface area contributed by atoms with Crippen molar-refractivity contribution in [3.63, 3.8) is 0 Å². The zero-order valence-corrected chi connectivity index (χ0v) is 12.3. The van der Waals surface area contributed by atoms with Gasteiger partial charge in [0, 0.05) is 23.5 Å². The van der Waals surface area contributed by atoms with Crippen LogP contribution >= 0.6 is 0 Å². The number of carbonyl (C=O) groups is 1. The van der Waals surface area contributed by atoms with Crippen LogP contribution in [0, 0.1) is 19.8 Å². The van der Waals surface area contributed by atoms with E-state index in [4.69, 9.17) is 0 Å². The summed E-state index contributed by atoms with van der Waals surface area (Å²) >= 11 is 0. The topological polar surface area (TPSA) is 84.7 Å². The molecule has 0 radical (unpaired) electrons. The van der Waals surface area contributed by atoms with Crippen LogP contribution in [0.4, 0.5) is 10.6 Å². The Morgan fingerprint density at radius 2 is 2.00 bits per heavy atom. The number of hydrogen-bond acceptors (Lipinski definition) is 4. The van der Waals surface area contributed by atoms with E-state index in [1.807, 2.05) is 19.9 Å². The highest BCUT2D eigenvalue weighted by molar-refractivity contribution is 5.88. The first-order valence-corrected chi connectivity index (χ1v) is 6.97. The third-order valence-corrected chi connectivity index (χ3v) is 3.47. The van der Waals surface area contributed by atoms with Crippen LogP contribution in [0.25, 0.3) is 5.95 Å². The number of nitrogens with one attached hydrogen (secondary N) is 2. The summed E-state index contributed by atoms with van der Waals surface area (Å²) in [5.41, 5.74) is 1.71. The number of aryl methyl sites for hydroxylation is 2. The molecule has 2 N–H and O–H groups in total. The number of rotatable bonds is 3. The fourth-order valence-electron chi connectivity index (χ4n) is 2.20. The maximum Gasteiger partial charge on any atom is 0.320 e. The number of aromatic nitrogens is 4. The molecule has 0 saturated heterocycles. The molecule has 2 aromatic rings. The van der Waals surface area contributed by atoms with Crippen LogP contribution in [0.15, 0.2) is 18.3 Å². The van der Waals surface area contributed by atoms with Gasteiger partial charge in [-0.05, 0) is 32.3 Å². The van der Waals surface area contributed by atoms with Crippen molar-refractivity contribution in [1.82, 2.24) is 25.1 Å². The van der Waals surface area contributed by atoms with Crippen molar-refractivity contribution < 1.29 is 4.79 Å². The molecule has 0 unspecified atom stereocenters. The average molecular weight is 286 g/mol. The Morgan fingerprint density at radius 1 is 1.33 bits per heavy atom. The Bertz CT molecular complexity index is 660. The molecule has 0 aromatic carbocycles. The molecule has 3 rings (SSSR count). The molecule has 0 spiro atoms. The molecule has 110 valence electrons. The molecular weight excluding hydrogens is 268 g/mol. The van der Waals surface area contributed by atoms with Gasteiger partial charge in [0.1, 0.15) is 5.82 Å². The second-order valence-electron chi connectivity index (χ2n) is 5.50. The quantitative estimate of drug-likeness (QED) is 0.901.